The molecule has 1 fully saturated rings. The number of aromatic amines is 1. The third kappa shape index (κ3) is 3.60. The number of carbonyl (C=O) groups excluding carboxylic acids is 2. The number of H-pyrrole nitrogens is 1. The van der Waals surface area contributed by atoms with Gasteiger partial charge >= 0.3 is 0 Å². The highest BCUT2D eigenvalue weighted by Gasteiger charge is 2.22. The van der Waals surface area contributed by atoms with Gasteiger partial charge in [-0.15, -0.1) is 0 Å². The van der Waals surface area contributed by atoms with Gasteiger partial charge in [-0.3, -0.25) is 9.59 Å². The highest BCUT2D eigenvalue weighted by atomic mass is 16.5. The number of aryl methyl sites for hydroxylation is 1. The molecule has 1 aliphatic rings. The fourth-order valence-corrected chi connectivity index (χ4v) is 2.21. The molecule has 1 unspecified atom stereocenters. The first-order valence-corrected chi connectivity index (χ1v) is 6.93. The number of hydrogen-bond acceptors (Lipinski definition) is 3. The zero-order chi connectivity index (χ0) is 14.5. The van der Waals surface area contributed by atoms with Gasteiger partial charge in [-0.1, -0.05) is 6.92 Å². The average molecular weight is 279 g/mol. The third-order valence-corrected chi connectivity index (χ3v) is 3.45. The number of morpholine rings is 1. The molecular formula is C14H21N3O3. The van der Waals surface area contributed by atoms with Crippen molar-refractivity contribution in [2.45, 2.75) is 26.4 Å². The topological polar surface area (TPSA) is 74.4 Å². The van der Waals surface area contributed by atoms with Gasteiger partial charge in [-0.25, -0.2) is 0 Å². The lowest BCUT2D eigenvalue weighted by molar-refractivity contribution is -0.136. The van der Waals surface area contributed by atoms with Crippen molar-refractivity contribution in [1.82, 2.24) is 15.2 Å². The predicted octanol–water partition coefficient (Wildman–Crippen LogP) is 0.554. The smallest absolute Gasteiger partial charge is 0.267 e. The predicted molar refractivity (Wildman–Crippen MR) is 74.5 cm³/mol. The molecule has 2 amide bonds. The molecular weight excluding hydrogens is 258 g/mol. The van der Waals surface area contributed by atoms with E-state index in [0.29, 0.717) is 31.9 Å². The monoisotopic (exact) mass is 279 g/mol. The van der Waals surface area contributed by atoms with E-state index in [1.807, 2.05) is 13.0 Å². The summed E-state index contributed by atoms with van der Waals surface area (Å²) in [5.74, 6) is -0.102. The van der Waals surface area contributed by atoms with Crippen LogP contribution in [0.5, 0.6) is 0 Å². The number of amides is 2. The Labute approximate surface area is 118 Å². The van der Waals surface area contributed by atoms with Crippen LogP contribution in [0.25, 0.3) is 0 Å². The van der Waals surface area contributed by atoms with Crippen LogP contribution in [0.15, 0.2) is 12.1 Å². The molecule has 6 heteroatoms. The van der Waals surface area contributed by atoms with Crippen LogP contribution in [0.1, 0.15) is 30.0 Å². The van der Waals surface area contributed by atoms with Crippen molar-refractivity contribution < 1.29 is 14.3 Å². The second kappa shape index (κ2) is 6.56. The maximum absolute atomic E-state index is 12.0. The van der Waals surface area contributed by atoms with Crippen LogP contribution in [-0.4, -0.2) is 54.0 Å². The molecule has 1 atom stereocenters. The minimum absolute atomic E-state index is 0.0431. The maximum Gasteiger partial charge on any atom is 0.267 e. The number of carbonyl (C=O) groups is 2. The summed E-state index contributed by atoms with van der Waals surface area (Å²) in [7, 11) is 0. The Bertz CT molecular complexity index is 484. The summed E-state index contributed by atoms with van der Waals surface area (Å²) in [6.45, 7) is 5.65. The highest BCUT2D eigenvalue weighted by molar-refractivity contribution is 5.92. The zero-order valence-electron chi connectivity index (χ0n) is 11.9. The van der Waals surface area contributed by atoms with Gasteiger partial charge < -0.3 is 19.9 Å². The highest BCUT2D eigenvalue weighted by Crippen LogP contribution is 2.06. The molecule has 1 aromatic rings. The van der Waals surface area contributed by atoms with E-state index >= 15 is 0 Å². The summed E-state index contributed by atoms with van der Waals surface area (Å²) in [5, 5.41) is 2.83. The molecule has 1 aliphatic heterocycles. The molecule has 1 saturated heterocycles. The van der Waals surface area contributed by atoms with Gasteiger partial charge in [-0.05, 0) is 18.6 Å². The molecule has 0 bridgehead atoms. The first-order chi connectivity index (χ1) is 9.60. The Balaban J connectivity index is 1.82. The molecule has 0 aliphatic carbocycles. The summed E-state index contributed by atoms with van der Waals surface area (Å²) < 4.78 is 5.55. The second-order valence-corrected chi connectivity index (χ2v) is 4.92. The fraction of sp³-hybridized carbons (Fsp3) is 0.571. The number of ether oxygens (including phenoxy) is 1. The summed E-state index contributed by atoms with van der Waals surface area (Å²) in [5.41, 5.74) is 1.59. The first kappa shape index (κ1) is 14.6. The number of rotatable bonds is 4. The van der Waals surface area contributed by atoms with Crippen LogP contribution in [0.2, 0.25) is 0 Å². The molecule has 0 aromatic carbocycles. The molecule has 110 valence electrons. The van der Waals surface area contributed by atoms with Crippen molar-refractivity contribution in [3.8, 4) is 0 Å². The molecule has 0 saturated carbocycles. The van der Waals surface area contributed by atoms with Crippen LogP contribution < -0.4 is 5.32 Å². The van der Waals surface area contributed by atoms with E-state index in [1.54, 1.807) is 17.9 Å². The Kier molecular flexibility index (Phi) is 4.79. The Morgan fingerprint density at radius 1 is 1.50 bits per heavy atom. The van der Waals surface area contributed by atoms with Crippen molar-refractivity contribution >= 4 is 11.8 Å². The fourth-order valence-electron chi connectivity index (χ4n) is 2.21. The lowest BCUT2D eigenvalue weighted by atomic mass is 10.2. The van der Waals surface area contributed by atoms with E-state index < -0.39 is 0 Å². The van der Waals surface area contributed by atoms with E-state index in [9.17, 15) is 9.59 Å². The lowest BCUT2D eigenvalue weighted by Gasteiger charge is -2.32. The van der Waals surface area contributed by atoms with Crippen molar-refractivity contribution in [1.29, 1.82) is 0 Å². The average Bonchev–Trinajstić information content (AvgIpc) is 2.94. The van der Waals surface area contributed by atoms with Gasteiger partial charge in [0, 0.05) is 32.3 Å². The molecule has 20 heavy (non-hydrogen) atoms. The van der Waals surface area contributed by atoms with E-state index in [1.165, 1.54) is 0 Å². The zero-order valence-corrected chi connectivity index (χ0v) is 11.9. The van der Waals surface area contributed by atoms with Gasteiger partial charge in [0.25, 0.3) is 5.91 Å². The summed E-state index contributed by atoms with van der Waals surface area (Å²) >= 11 is 0. The number of aromatic nitrogens is 1. The Morgan fingerprint density at radius 2 is 2.30 bits per heavy atom. The minimum atomic E-state index is -0.145. The van der Waals surface area contributed by atoms with Gasteiger partial charge in [-0.2, -0.15) is 0 Å². The second-order valence-electron chi connectivity index (χ2n) is 4.92. The van der Waals surface area contributed by atoms with E-state index in [2.05, 4.69) is 10.3 Å². The van der Waals surface area contributed by atoms with E-state index in [4.69, 9.17) is 4.74 Å². The normalized spacial score (nSPS) is 18.9. The summed E-state index contributed by atoms with van der Waals surface area (Å²) in [6.07, 6.45) is 0.726. The Hall–Kier alpha value is -1.82. The maximum atomic E-state index is 12.0. The van der Waals surface area contributed by atoms with Crippen LogP contribution in [0.4, 0.5) is 0 Å². The van der Waals surface area contributed by atoms with Gasteiger partial charge in [0.05, 0.1) is 12.7 Å². The van der Waals surface area contributed by atoms with Crippen LogP contribution in [0, 0.1) is 0 Å². The molecule has 2 rings (SSSR count). The number of nitrogens with one attached hydrogen (secondary N) is 2. The number of nitrogens with zero attached hydrogens (tertiary/aromatic N) is 1. The number of hydrogen-bond donors (Lipinski definition) is 2. The standard InChI is InChI=1S/C14H21N3O3/c1-3-11-4-5-13(16-11)14(19)15-8-12-9-17(10(2)18)6-7-20-12/h4-5,12,16H,3,6-9H2,1-2H3,(H,15,19). The summed E-state index contributed by atoms with van der Waals surface area (Å²) in [4.78, 5) is 28.1. The lowest BCUT2D eigenvalue weighted by Crippen LogP contribution is -2.49. The molecule has 0 spiro atoms. The van der Waals surface area contributed by atoms with Crippen molar-refractivity contribution in [3.63, 3.8) is 0 Å². The van der Waals surface area contributed by atoms with Gasteiger partial charge in [0.15, 0.2) is 0 Å². The minimum Gasteiger partial charge on any atom is -0.373 e. The SMILES string of the molecule is CCc1ccc(C(=O)NCC2CN(C(C)=O)CCO2)[nH]1. The molecule has 0 radical (unpaired) electrons. The van der Waals surface area contributed by atoms with Crippen molar-refractivity contribution in [2.24, 2.45) is 0 Å². The quantitative estimate of drug-likeness (QED) is 0.845. The van der Waals surface area contributed by atoms with Crippen LogP contribution in [0.3, 0.4) is 0 Å². The van der Waals surface area contributed by atoms with Gasteiger partial charge in [0.2, 0.25) is 5.91 Å². The van der Waals surface area contributed by atoms with E-state index in [-0.39, 0.29) is 17.9 Å². The molecule has 1 aromatic heterocycles. The molecule has 6 nitrogen and oxygen atoms in total. The van der Waals surface area contributed by atoms with Crippen molar-refractivity contribution in [2.75, 3.05) is 26.2 Å². The van der Waals surface area contributed by atoms with Crippen LogP contribution in [-0.2, 0) is 16.0 Å². The molecule has 2 heterocycles. The third-order valence-electron chi connectivity index (χ3n) is 3.45. The first-order valence-electron chi connectivity index (χ1n) is 6.93. The van der Waals surface area contributed by atoms with Crippen LogP contribution >= 0.6 is 0 Å². The largest absolute Gasteiger partial charge is 0.373 e. The Morgan fingerprint density at radius 3 is 2.95 bits per heavy atom. The van der Waals surface area contributed by atoms with Crippen molar-refractivity contribution in [3.05, 3.63) is 23.5 Å². The van der Waals surface area contributed by atoms with E-state index in [0.717, 1.165) is 12.1 Å². The molecule has 2 N–H and O–H groups in total. The van der Waals surface area contributed by atoms with Gasteiger partial charge in [0.1, 0.15) is 5.69 Å². The summed E-state index contributed by atoms with van der Waals surface area (Å²) in [6, 6.07) is 3.68.